The van der Waals surface area contributed by atoms with Crippen molar-refractivity contribution in [2.75, 3.05) is 19.8 Å². The summed E-state index contributed by atoms with van der Waals surface area (Å²) in [5.74, 6) is 0.669. The first-order valence-electron chi connectivity index (χ1n) is 9.84. The van der Waals surface area contributed by atoms with Crippen molar-refractivity contribution in [3.8, 4) is 11.5 Å². The molecular formula is C23H31NO5. The van der Waals surface area contributed by atoms with Gasteiger partial charge in [0.05, 0.1) is 6.10 Å². The van der Waals surface area contributed by atoms with Crippen LogP contribution in [0.15, 0.2) is 36.4 Å². The second kappa shape index (κ2) is 10.8. The van der Waals surface area contributed by atoms with Crippen molar-refractivity contribution in [1.29, 1.82) is 0 Å². The number of phenolic OH excluding ortho intramolecular Hbond substituents is 1. The Kier molecular flexibility index (Phi) is 8.49. The zero-order valence-electron chi connectivity index (χ0n) is 17.6. The first-order valence-corrected chi connectivity index (χ1v) is 9.84. The first-order chi connectivity index (χ1) is 13.8. The fraction of sp³-hybridized carbons (Fsp3) is 0.435. The number of aromatic hydroxyl groups is 1. The van der Waals surface area contributed by atoms with Crippen molar-refractivity contribution in [2.24, 2.45) is 0 Å². The maximum Gasteiger partial charge on any atom is 0.302 e. The van der Waals surface area contributed by atoms with Crippen molar-refractivity contribution in [3.05, 3.63) is 58.7 Å². The summed E-state index contributed by atoms with van der Waals surface area (Å²) in [6.07, 6.45) is 0.180. The monoisotopic (exact) mass is 401 g/mol. The van der Waals surface area contributed by atoms with Crippen LogP contribution in [-0.2, 0) is 16.0 Å². The standard InChI is InChI=1S/C23H31NO5/c1-15-14-22(29-12-11-28-18(4)25)16(2)13-20(15)9-10-24-17(3)23(27)19-5-7-21(26)8-6-19/h5-8,13-14,17,23-24,26-27H,9-12H2,1-4H3/t17-,23-/m0/s1. The Hall–Kier alpha value is -2.57. The molecule has 3 N–H and O–H groups in total. The smallest absolute Gasteiger partial charge is 0.302 e. The van der Waals surface area contributed by atoms with E-state index in [-0.39, 0.29) is 24.4 Å². The van der Waals surface area contributed by atoms with Gasteiger partial charge in [0.15, 0.2) is 0 Å². The molecule has 2 atom stereocenters. The number of ether oxygens (including phenoxy) is 2. The van der Waals surface area contributed by atoms with Crippen molar-refractivity contribution in [2.45, 2.75) is 46.3 Å². The number of phenols is 1. The Balaban J connectivity index is 1.85. The summed E-state index contributed by atoms with van der Waals surface area (Å²) < 4.78 is 10.6. The van der Waals surface area contributed by atoms with Crippen LogP contribution in [0.3, 0.4) is 0 Å². The predicted octanol–water partition coefficient (Wildman–Crippen LogP) is 3.21. The lowest BCUT2D eigenvalue weighted by molar-refractivity contribution is -0.141. The van der Waals surface area contributed by atoms with Gasteiger partial charge in [0, 0.05) is 13.0 Å². The number of nitrogens with one attached hydrogen (secondary N) is 1. The lowest BCUT2D eigenvalue weighted by atomic mass is 10.0. The molecule has 0 aliphatic rings. The normalized spacial score (nSPS) is 13.0. The number of carbonyl (C=O) groups excluding carboxylic acids is 1. The van der Waals surface area contributed by atoms with Gasteiger partial charge in [-0.1, -0.05) is 18.2 Å². The van der Waals surface area contributed by atoms with Gasteiger partial charge < -0.3 is 25.0 Å². The van der Waals surface area contributed by atoms with Crippen LogP contribution < -0.4 is 10.1 Å². The van der Waals surface area contributed by atoms with Crippen LogP contribution in [0.4, 0.5) is 0 Å². The molecule has 0 aliphatic heterocycles. The van der Waals surface area contributed by atoms with Gasteiger partial charge in [0.2, 0.25) is 0 Å². The SMILES string of the molecule is CC(=O)OCCOc1cc(C)c(CCN[C@@H](C)[C@H](O)c2ccc(O)cc2)cc1C. The maximum atomic E-state index is 10.8. The van der Waals surface area contributed by atoms with Gasteiger partial charge in [-0.2, -0.15) is 0 Å². The molecule has 0 aliphatic carbocycles. The highest BCUT2D eigenvalue weighted by atomic mass is 16.6. The molecule has 2 aromatic carbocycles. The van der Waals surface area contributed by atoms with Crippen LogP contribution >= 0.6 is 0 Å². The molecule has 2 aromatic rings. The average molecular weight is 402 g/mol. The number of rotatable bonds is 10. The van der Waals surface area contributed by atoms with Gasteiger partial charge in [-0.05, 0) is 74.2 Å². The van der Waals surface area contributed by atoms with E-state index in [0.29, 0.717) is 6.61 Å². The zero-order valence-corrected chi connectivity index (χ0v) is 17.6. The minimum atomic E-state index is -0.647. The Bertz CT molecular complexity index is 804. The third-order valence-electron chi connectivity index (χ3n) is 4.85. The van der Waals surface area contributed by atoms with E-state index in [1.54, 1.807) is 24.3 Å². The zero-order chi connectivity index (χ0) is 21.4. The summed E-state index contributed by atoms with van der Waals surface area (Å²) >= 11 is 0. The van der Waals surface area contributed by atoms with Crippen molar-refractivity contribution in [1.82, 2.24) is 5.32 Å². The van der Waals surface area contributed by atoms with Gasteiger partial charge in [0.1, 0.15) is 24.7 Å². The molecule has 0 unspecified atom stereocenters. The van der Waals surface area contributed by atoms with Crippen LogP contribution in [0.2, 0.25) is 0 Å². The fourth-order valence-corrected chi connectivity index (χ4v) is 3.12. The molecular weight excluding hydrogens is 370 g/mol. The van der Waals surface area contributed by atoms with Crippen LogP contribution in [0.5, 0.6) is 11.5 Å². The van der Waals surface area contributed by atoms with Crippen molar-refractivity contribution < 1.29 is 24.5 Å². The number of benzene rings is 2. The molecule has 0 amide bonds. The quantitative estimate of drug-likeness (QED) is 0.419. The lowest BCUT2D eigenvalue weighted by Gasteiger charge is -2.21. The Morgan fingerprint density at radius 3 is 2.45 bits per heavy atom. The van der Waals surface area contributed by atoms with E-state index in [1.807, 2.05) is 26.8 Å². The summed E-state index contributed by atoms with van der Waals surface area (Å²) in [7, 11) is 0. The van der Waals surface area contributed by atoms with Gasteiger partial charge in [0.25, 0.3) is 0 Å². The second-order valence-corrected chi connectivity index (χ2v) is 7.26. The summed E-state index contributed by atoms with van der Waals surface area (Å²) in [5.41, 5.74) is 4.15. The lowest BCUT2D eigenvalue weighted by Crippen LogP contribution is -2.33. The largest absolute Gasteiger partial charge is 0.508 e. The number of hydrogen-bond donors (Lipinski definition) is 3. The maximum absolute atomic E-state index is 10.8. The van der Waals surface area contributed by atoms with Gasteiger partial charge in [-0.15, -0.1) is 0 Å². The molecule has 158 valence electrons. The molecule has 0 radical (unpaired) electrons. The van der Waals surface area contributed by atoms with Crippen LogP contribution in [0.25, 0.3) is 0 Å². The number of aryl methyl sites for hydroxylation is 2. The van der Waals surface area contributed by atoms with E-state index in [9.17, 15) is 15.0 Å². The number of carbonyl (C=O) groups is 1. The summed E-state index contributed by atoms with van der Waals surface area (Å²) in [5, 5.41) is 23.2. The van der Waals surface area contributed by atoms with Gasteiger partial charge >= 0.3 is 5.97 Å². The molecule has 6 nitrogen and oxygen atoms in total. The van der Waals surface area contributed by atoms with Crippen LogP contribution in [-0.4, -0.2) is 42.0 Å². The van der Waals surface area contributed by atoms with Gasteiger partial charge in [-0.25, -0.2) is 0 Å². The minimum Gasteiger partial charge on any atom is -0.508 e. The topological polar surface area (TPSA) is 88.0 Å². The molecule has 29 heavy (non-hydrogen) atoms. The molecule has 0 spiro atoms. The highest BCUT2D eigenvalue weighted by Crippen LogP contribution is 2.24. The molecule has 2 rings (SSSR count). The number of aliphatic hydroxyl groups is 1. The van der Waals surface area contributed by atoms with E-state index in [0.717, 1.165) is 35.4 Å². The molecule has 6 heteroatoms. The van der Waals surface area contributed by atoms with Crippen molar-refractivity contribution >= 4 is 5.97 Å². The highest BCUT2D eigenvalue weighted by molar-refractivity contribution is 5.65. The number of aliphatic hydroxyl groups excluding tert-OH is 1. The highest BCUT2D eigenvalue weighted by Gasteiger charge is 2.16. The fourth-order valence-electron chi connectivity index (χ4n) is 3.12. The third kappa shape index (κ3) is 7.07. The predicted molar refractivity (Wildman–Crippen MR) is 112 cm³/mol. The summed E-state index contributed by atoms with van der Waals surface area (Å²) in [4.78, 5) is 10.8. The average Bonchev–Trinajstić information content (AvgIpc) is 2.68. The van der Waals surface area contributed by atoms with Crippen LogP contribution in [0, 0.1) is 13.8 Å². The first kappa shape index (κ1) is 22.7. The van der Waals surface area contributed by atoms with E-state index in [1.165, 1.54) is 12.5 Å². The third-order valence-corrected chi connectivity index (χ3v) is 4.85. The van der Waals surface area contributed by atoms with E-state index in [2.05, 4.69) is 11.4 Å². The van der Waals surface area contributed by atoms with Crippen LogP contribution in [0.1, 0.15) is 42.2 Å². The van der Waals surface area contributed by atoms with E-state index < -0.39 is 6.10 Å². The molecule has 0 heterocycles. The van der Waals surface area contributed by atoms with E-state index in [4.69, 9.17) is 9.47 Å². The molecule has 0 saturated carbocycles. The number of esters is 1. The Morgan fingerprint density at radius 2 is 1.79 bits per heavy atom. The minimum absolute atomic E-state index is 0.121. The van der Waals surface area contributed by atoms with Gasteiger partial charge in [-0.3, -0.25) is 4.79 Å². The van der Waals surface area contributed by atoms with Crippen molar-refractivity contribution in [3.63, 3.8) is 0 Å². The summed E-state index contributed by atoms with van der Waals surface area (Å²) in [6.45, 7) is 8.65. The Morgan fingerprint density at radius 1 is 1.10 bits per heavy atom. The molecule has 0 aromatic heterocycles. The molecule has 0 saturated heterocycles. The Labute approximate surface area is 172 Å². The second-order valence-electron chi connectivity index (χ2n) is 7.26. The molecule has 0 bridgehead atoms. The van der Waals surface area contributed by atoms with E-state index >= 15 is 0 Å². The number of hydrogen-bond acceptors (Lipinski definition) is 6. The summed E-state index contributed by atoms with van der Waals surface area (Å²) in [6, 6.07) is 10.6. The molecule has 0 fully saturated rings.